The first-order valence-corrected chi connectivity index (χ1v) is 6.82. The first-order valence-electron chi connectivity index (χ1n) is 5.04. The number of aromatic nitrogens is 2. The van der Waals surface area contributed by atoms with E-state index in [0.29, 0.717) is 0 Å². The Morgan fingerprint density at radius 3 is 2.56 bits per heavy atom. The van der Waals surface area contributed by atoms with Gasteiger partial charge in [0.05, 0.1) is 15.9 Å². The van der Waals surface area contributed by atoms with Crippen LogP contribution >= 0.6 is 27.7 Å². The van der Waals surface area contributed by atoms with Crippen molar-refractivity contribution >= 4 is 27.7 Å². The average molecular weight is 297 g/mol. The number of benzene rings is 1. The van der Waals surface area contributed by atoms with E-state index in [0.717, 1.165) is 15.9 Å². The van der Waals surface area contributed by atoms with Crippen LogP contribution in [0.3, 0.4) is 0 Å². The monoisotopic (exact) mass is 296 g/mol. The van der Waals surface area contributed by atoms with E-state index in [1.54, 1.807) is 0 Å². The predicted molar refractivity (Wildman–Crippen MR) is 71.6 cm³/mol. The summed E-state index contributed by atoms with van der Waals surface area (Å²) in [6, 6.07) is 10.4. The van der Waals surface area contributed by atoms with Crippen molar-refractivity contribution in [3.05, 3.63) is 46.2 Å². The van der Waals surface area contributed by atoms with E-state index in [1.165, 1.54) is 10.6 Å². The third-order valence-electron chi connectivity index (χ3n) is 2.38. The lowest BCUT2D eigenvalue weighted by atomic mass is 10.4. The smallest absolute Gasteiger partial charge is 0.0738 e. The Morgan fingerprint density at radius 1 is 1.31 bits per heavy atom. The fraction of sp³-hybridized carbons (Fsp3) is 0.250. The lowest BCUT2D eigenvalue weighted by Crippen LogP contribution is -1.96. The molecule has 2 nitrogen and oxygen atoms in total. The van der Waals surface area contributed by atoms with Gasteiger partial charge in [-0.15, -0.1) is 11.8 Å². The van der Waals surface area contributed by atoms with Crippen molar-refractivity contribution in [3.8, 4) is 0 Å². The van der Waals surface area contributed by atoms with Crippen molar-refractivity contribution in [2.45, 2.75) is 17.6 Å². The summed E-state index contributed by atoms with van der Waals surface area (Å²) in [6.45, 7) is 2.01. The molecule has 0 unspecified atom stereocenters. The van der Waals surface area contributed by atoms with E-state index in [2.05, 4.69) is 45.3 Å². The number of thioether (sulfide) groups is 1. The third-order valence-corrected chi connectivity index (χ3v) is 4.44. The van der Waals surface area contributed by atoms with E-state index >= 15 is 0 Å². The molecule has 0 bridgehead atoms. The SMILES string of the molecule is Cc1nn(C)c(CSc2ccccc2)c1Br. The van der Waals surface area contributed by atoms with Crippen molar-refractivity contribution in [1.82, 2.24) is 9.78 Å². The second-order valence-corrected chi connectivity index (χ2v) is 5.41. The normalized spacial score (nSPS) is 10.7. The van der Waals surface area contributed by atoms with Gasteiger partial charge in [0.15, 0.2) is 0 Å². The zero-order chi connectivity index (χ0) is 11.5. The Morgan fingerprint density at radius 2 is 2.00 bits per heavy atom. The summed E-state index contributed by atoms with van der Waals surface area (Å²) in [6.07, 6.45) is 0. The fourth-order valence-electron chi connectivity index (χ4n) is 1.51. The highest BCUT2D eigenvalue weighted by Crippen LogP contribution is 2.28. The number of halogens is 1. The molecule has 2 aromatic rings. The number of aryl methyl sites for hydroxylation is 2. The molecule has 2 rings (SSSR count). The summed E-state index contributed by atoms with van der Waals surface area (Å²) in [5.41, 5.74) is 2.28. The lowest BCUT2D eigenvalue weighted by molar-refractivity contribution is 0.727. The topological polar surface area (TPSA) is 17.8 Å². The summed E-state index contributed by atoms with van der Waals surface area (Å²) in [4.78, 5) is 1.29. The van der Waals surface area contributed by atoms with Gasteiger partial charge in [0, 0.05) is 17.7 Å². The molecule has 0 amide bonds. The van der Waals surface area contributed by atoms with E-state index in [9.17, 15) is 0 Å². The predicted octanol–water partition coefficient (Wildman–Crippen LogP) is 3.78. The summed E-state index contributed by atoms with van der Waals surface area (Å²) < 4.78 is 3.06. The zero-order valence-corrected chi connectivity index (χ0v) is 11.7. The summed E-state index contributed by atoms with van der Waals surface area (Å²) in [5, 5.41) is 4.38. The van der Waals surface area contributed by atoms with Gasteiger partial charge in [-0.2, -0.15) is 5.10 Å². The third kappa shape index (κ3) is 2.50. The molecule has 0 N–H and O–H groups in total. The van der Waals surface area contributed by atoms with Gasteiger partial charge < -0.3 is 0 Å². The minimum atomic E-state index is 0.932. The maximum absolute atomic E-state index is 4.38. The Bertz CT molecular complexity index is 479. The Hall–Kier alpha value is -0.740. The van der Waals surface area contributed by atoms with Gasteiger partial charge in [-0.1, -0.05) is 18.2 Å². The van der Waals surface area contributed by atoms with Crippen LogP contribution in [0.2, 0.25) is 0 Å². The highest BCUT2D eigenvalue weighted by molar-refractivity contribution is 9.10. The van der Waals surface area contributed by atoms with Crippen molar-refractivity contribution in [1.29, 1.82) is 0 Å². The van der Waals surface area contributed by atoms with Gasteiger partial charge in [0.2, 0.25) is 0 Å². The van der Waals surface area contributed by atoms with Crippen molar-refractivity contribution < 1.29 is 0 Å². The van der Waals surface area contributed by atoms with Crippen LogP contribution in [-0.2, 0) is 12.8 Å². The van der Waals surface area contributed by atoms with Crippen molar-refractivity contribution in [2.24, 2.45) is 7.05 Å². The van der Waals surface area contributed by atoms with Crippen molar-refractivity contribution in [2.75, 3.05) is 0 Å². The van der Waals surface area contributed by atoms with Crippen LogP contribution in [0.25, 0.3) is 0 Å². The molecule has 0 fully saturated rings. The molecule has 1 heterocycles. The molecule has 0 aliphatic rings. The van der Waals surface area contributed by atoms with E-state index in [-0.39, 0.29) is 0 Å². The van der Waals surface area contributed by atoms with Gasteiger partial charge in [0.25, 0.3) is 0 Å². The largest absolute Gasteiger partial charge is 0.270 e. The standard InChI is InChI=1S/C12H13BrN2S/c1-9-12(13)11(15(2)14-9)8-16-10-6-4-3-5-7-10/h3-7H,8H2,1-2H3. The quantitative estimate of drug-likeness (QED) is 0.802. The summed E-state index contributed by atoms with van der Waals surface area (Å²) in [7, 11) is 1.98. The first kappa shape index (κ1) is 11.7. The molecule has 0 saturated carbocycles. The first-order chi connectivity index (χ1) is 7.68. The zero-order valence-electron chi connectivity index (χ0n) is 9.27. The highest BCUT2D eigenvalue weighted by atomic mass is 79.9. The minimum absolute atomic E-state index is 0.932. The molecule has 0 spiro atoms. The van der Waals surface area contributed by atoms with Gasteiger partial charge >= 0.3 is 0 Å². The fourth-order valence-corrected chi connectivity index (χ4v) is 3.15. The van der Waals surface area contributed by atoms with E-state index in [4.69, 9.17) is 0 Å². The molecule has 1 aromatic heterocycles. The van der Waals surface area contributed by atoms with Crippen LogP contribution in [0, 0.1) is 6.92 Å². The van der Waals surface area contributed by atoms with Crippen LogP contribution in [0.15, 0.2) is 39.7 Å². The maximum Gasteiger partial charge on any atom is 0.0738 e. The van der Waals surface area contributed by atoms with E-state index < -0.39 is 0 Å². The minimum Gasteiger partial charge on any atom is -0.270 e. The number of hydrogen-bond acceptors (Lipinski definition) is 2. The van der Waals surface area contributed by atoms with E-state index in [1.807, 2.05) is 36.5 Å². The van der Waals surface area contributed by atoms with Gasteiger partial charge in [-0.3, -0.25) is 4.68 Å². The molecule has 84 valence electrons. The highest BCUT2D eigenvalue weighted by Gasteiger charge is 2.10. The number of rotatable bonds is 3. The average Bonchev–Trinajstić information content (AvgIpc) is 2.53. The van der Waals surface area contributed by atoms with Crippen LogP contribution in [0.4, 0.5) is 0 Å². The van der Waals surface area contributed by atoms with Crippen LogP contribution in [0.1, 0.15) is 11.4 Å². The molecule has 0 atom stereocenters. The molecular weight excluding hydrogens is 284 g/mol. The Balaban J connectivity index is 2.11. The summed E-state index contributed by atoms with van der Waals surface area (Å²) >= 11 is 5.40. The molecule has 16 heavy (non-hydrogen) atoms. The van der Waals surface area contributed by atoms with Crippen LogP contribution in [-0.4, -0.2) is 9.78 Å². The lowest BCUT2D eigenvalue weighted by Gasteiger charge is -2.03. The molecule has 0 aliphatic carbocycles. The molecule has 0 aliphatic heterocycles. The number of nitrogens with zero attached hydrogens (tertiary/aromatic N) is 2. The van der Waals surface area contributed by atoms with Crippen LogP contribution in [0.5, 0.6) is 0 Å². The second-order valence-electron chi connectivity index (χ2n) is 3.57. The Kier molecular flexibility index (Phi) is 3.71. The van der Waals surface area contributed by atoms with Gasteiger partial charge in [0.1, 0.15) is 0 Å². The molecular formula is C12H13BrN2S. The summed E-state index contributed by atoms with van der Waals surface area (Å²) in [5.74, 6) is 0.932. The molecule has 1 aromatic carbocycles. The maximum atomic E-state index is 4.38. The van der Waals surface area contributed by atoms with Gasteiger partial charge in [-0.25, -0.2) is 0 Å². The molecule has 4 heteroatoms. The molecule has 0 radical (unpaired) electrons. The molecule has 0 saturated heterocycles. The van der Waals surface area contributed by atoms with Gasteiger partial charge in [-0.05, 0) is 35.0 Å². The Labute approximate surface area is 108 Å². The number of hydrogen-bond donors (Lipinski definition) is 0. The van der Waals surface area contributed by atoms with Crippen molar-refractivity contribution in [3.63, 3.8) is 0 Å². The van der Waals surface area contributed by atoms with Crippen LogP contribution < -0.4 is 0 Å². The second kappa shape index (κ2) is 5.06.